The molecule has 0 bridgehead atoms. The minimum atomic E-state index is -1.31. The Balaban J connectivity index is 2.99. The van der Waals surface area contributed by atoms with Gasteiger partial charge in [-0.1, -0.05) is 24.3 Å². The van der Waals surface area contributed by atoms with Crippen LogP contribution in [0.5, 0.6) is 0 Å². The summed E-state index contributed by atoms with van der Waals surface area (Å²) < 4.78 is 0. The summed E-state index contributed by atoms with van der Waals surface area (Å²) in [6.45, 7) is 2.30. The van der Waals surface area contributed by atoms with Gasteiger partial charge in [0.25, 0.3) is 0 Å². The first kappa shape index (κ1) is 15.3. The summed E-state index contributed by atoms with van der Waals surface area (Å²) in [5, 5.41) is 21.0. The van der Waals surface area contributed by atoms with E-state index in [4.69, 9.17) is 0 Å². The van der Waals surface area contributed by atoms with Gasteiger partial charge in [-0.05, 0) is 13.8 Å². The lowest BCUT2D eigenvalue weighted by Crippen LogP contribution is -2.29. The van der Waals surface area contributed by atoms with Crippen LogP contribution in [0, 0.1) is 10.1 Å². The lowest BCUT2D eigenvalue weighted by atomic mass is 9.82. The number of hydrogen-bond donors (Lipinski definition) is 1. The summed E-state index contributed by atoms with van der Waals surface area (Å²) in [6, 6.07) is 5.76. The molecule has 0 amide bonds. The van der Waals surface area contributed by atoms with Crippen LogP contribution in [-0.4, -0.2) is 27.4 Å². The average molecular weight is 301 g/mol. The fourth-order valence-electron chi connectivity index (χ4n) is 2.41. The molecule has 0 radical (unpaired) electrons. The van der Waals surface area contributed by atoms with Crippen molar-refractivity contribution in [3.8, 4) is 0 Å². The number of hydrogen-bond acceptors (Lipinski definition) is 6. The van der Waals surface area contributed by atoms with Gasteiger partial charge in [0.15, 0.2) is 5.78 Å². The topological polar surface area (TPSA) is 115 Å². The quantitative estimate of drug-likeness (QED) is 0.299. The number of ketones is 3. The van der Waals surface area contributed by atoms with Crippen molar-refractivity contribution in [1.82, 2.24) is 0 Å². The van der Waals surface area contributed by atoms with Gasteiger partial charge in [0.05, 0.1) is 16.1 Å². The van der Waals surface area contributed by atoms with Crippen molar-refractivity contribution < 1.29 is 24.4 Å². The fraction of sp³-hybridized carbons (Fsp3) is 0.133. The highest BCUT2D eigenvalue weighted by Crippen LogP contribution is 2.36. The van der Waals surface area contributed by atoms with Crippen LogP contribution in [-0.2, 0) is 9.59 Å². The minimum absolute atomic E-state index is 0.0342. The highest BCUT2D eigenvalue weighted by Gasteiger charge is 2.42. The molecule has 0 atom stereocenters. The van der Waals surface area contributed by atoms with E-state index in [1.165, 1.54) is 31.2 Å². The Bertz CT molecular complexity index is 796. The van der Waals surface area contributed by atoms with Crippen molar-refractivity contribution in [1.29, 1.82) is 0 Å². The number of aliphatic hydroxyl groups is 1. The van der Waals surface area contributed by atoms with E-state index in [2.05, 4.69) is 0 Å². The molecule has 0 saturated carbocycles. The number of Topliss-reactive ketones (excluding diaryl/α,β-unsaturated/α-hetero) is 3. The second-order valence-corrected chi connectivity index (χ2v) is 4.70. The second-order valence-electron chi connectivity index (χ2n) is 4.70. The van der Waals surface area contributed by atoms with Gasteiger partial charge in [0.1, 0.15) is 5.76 Å². The Hall–Kier alpha value is -3.09. The number of carbonyl (C=O) groups excluding carboxylic acids is 3. The number of aliphatic hydroxyl groups excluding tert-OH is 1. The van der Waals surface area contributed by atoms with Gasteiger partial charge < -0.3 is 5.11 Å². The number of allylic oxidation sites excluding steroid dienone is 4. The van der Waals surface area contributed by atoms with E-state index >= 15 is 0 Å². The molecule has 1 aliphatic carbocycles. The number of carbonyl (C=O) groups is 3. The van der Waals surface area contributed by atoms with E-state index in [9.17, 15) is 29.6 Å². The van der Waals surface area contributed by atoms with Gasteiger partial charge in [-0.15, -0.1) is 0 Å². The molecule has 0 aliphatic heterocycles. The molecule has 0 aromatic heterocycles. The normalized spacial score (nSPS) is 15.4. The average Bonchev–Trinajstić information content (AvgIpc) is 2.43. The maximum atomic E-state index is 12.0. The summed E-state index contributed by atoms with van der Waals surface area (Å²) in [5.41, 5.74) is -1.62. The van der Waals surface area contributed by atoms with Crippen LogP contribution in [0.2, 0.25) is 0 Å². The first-order valence-electron chi connectivity index (χ1n) is 6.25. The summed E-state index contributed by atoms with van der Waals surface area (Å²) in [7, 11) is 0. The lowest BCUT2D eigenvalue weighted by molar-refractivity contribution is -0.417. The van der Waals surface area contributed by atoms with E-state index in [0.717, 1.165) is 6.92 Å². The van der Waals surface area contributed by atoms with Crippen LogP contribution < -0.4 is 0 Å². The van der Waals surface area contributed by atoms with Crippen LogP contribution in [0.4, 0.5) is 0 Å². The predicted molar refractivity (Wildman–Crippen MR) is 75.7 cm³/mol. The van der Waals surface area contributed by atoms with Crippen molar-refractivity contribution in [2.45, 2.75) is 13.8 Å². The van der Waals surface area contributed by atoms with Crippen molar-refractivity contribution in [3.05, 3.63) is 62.5 Å². The molecular formula is C15H11NO6. The fourth-order valence-corrected chi connectivity index (χ4v) is 2.41. The number of nitro groups is 1. The molecule has 112 valence electrons. The van der Waals surface area contributed by atoms with E-state index in [0.29, 0.717) is 0 Å². The van der Waals surface area contributed by atoms with Gasteiger partial charge in [-0.2, -0.15) is 0 Å². The largest absolute Gasteiger partial charge is 0.512 e. The number of fused-ring (bicyclic) bond motifs is 1. The Kier molecular flexibility index (Phi) is 3.73. The molecule has 1 aliphatic rings. The zero-order chi connectivity index (χ0) is 16.6. The zero-order valence-electron chi connectivity index (χ0n) is 11.7. The summed E-state index contributed by atoms with van der Waals surface area (Å²) in [6.07, 6.45) is 0. The Labute approximate surface area is 124 Å². The second kappa shape index (κ2) is 5.36. The Morgan fingerprint density at radius 2 is 1.64 bits per heavy atom. The molecule has 2 rings (SSSR count). The van der Waals surface area contributed by atoms with Gasteiger partial charge >= 0.3 is 11.5 Å². The van der Waals surface area contributed by atoms with Crippen LogP contribution in [0.25, 0.3) is 5.57 Å². The SMILES string of the molecule is CC(=O)/C(C1=C([N+](=O)[O-])C(=O)C(=O)c2ccccc21)=C(\C)O. The maximum Gasteiger partial charge on any atom is 0.329 e. The smallest absolute Gasteiger partial charge is 0.329 e. The van der Waals surface area contributed by atoms with Crippen LogP contribution >= 0.6 is 0 Å². The van der Waals surface area contributed by atoms with Crippen molar-refractivity contribution in [3.63, 3.8) is 0 Å². The monoisotopic (exact) mass is 301 g/mol. The van der Waals surface area contributed by atoms with Crippen LogP contribution in [0.3, 0.4) is 0 Å². The summed E-state index contributed by atoms with van der Waals surface area (Å²) in [5.74, 6) is -3.42. The zero-order valence-corrected chi connectivity index (χ0v) is 11.7. The molecule has 0 saturated heterocycles. The molecular weight excluding hydrogens is 290 g/mol. The first-order chi connectivity index (χ1) is 10.3. The summed E-state index contributed by atoms with van der Waals surface area (Å²) >= 11 is 0. The highest BCUT2D eigenvalue weighted by atomic mass is 16.6. The molecule has 0 fully saturated rings. The highest BCUT2D eigenvalue weighted by molar-refractivity contribution is 6.52. The molecule has 22 heavy (non-hydrogen) atoms. The number of rotatable bonds is 3. The maximum absolute atomic E-state index is 12.0. The molecule has 0 heterocycles. The van der Waals surface area contributed by atoms with E-state index < -0.39 is 33.7 Å². The molecule has 1 N–H and O–H groups in total. The molecule has 0 unspecified atom stereocenters. The predicted octanol–water partition coefficient (Wildman–Crippen LogP) is 1.86. The minimum Gasteiger partial charge on any atom is -0.512 e. The summed E-state index contributed by atoms with van der Waals surface area (Å²) in [4.78, 5) is 46.0. The van der Waals surface area contributed by atoms with E-state index in [1.807, 2.05) is 0 Å². The van der Waals surface area contributed by atoms with E-state index in [-0.39, 0.29) is 22.3 Å². The number of nitrogens with zero attached hydrogens (tertiary/aromatic N) is 1. The molecule has 0 spiro atoms. The Morgan fingerprint density at radius 3 is 2.09 bits per heavy atom. The van der Waals surface area contributed by atoms with Crippen LogP contribution in [0.15, 0.2) is 41.3 Å². The van der Waals surface area contributed by atoms with Crippen molar-refractivity contribution in [2.75, 3.05) is 0 Å². The van der Waals surface area contributed by atoms with Gasteiger partial charge in [-0.25, -0.2) is 0 Å². The third-order valence-corrected chi connectivity index (χ3v) is 3.25. The molecule has 1 aromatic carbocycles. The molecule has 7 heteroatoms. The lowest BCUT2D eigenvalue weighted by Gasteiger charge is -2.18. The Morgan fingerprint density at radius 1 is 1.09 bits per heavy atom. The van der Waals surface area contributed by atoms with Crippen molar-refractivity contribution >= 4 is 22.9 Å². The molecule has 7 nitrogen and oxygen atoms in total. The van der Waals surface area contributed by atoms with Gasteiger partial charge in [0.2, 0.25) is 5.78 Å². The standard InChI is InChI=1S/C15H11NO6/c1-7(17)11(8(2)18)12-9-5-3-4-6-10(9)14(19)15(20)13(12)16(21)22/h3-6,17H,1-2H3/b11-7-. The third kappa shape index (κ3) is 2.22. The van der Waals surface area contributed by atoms with Crippen molar-refractivity contribution in [2.24, 2.45) is 0 Å². The van der Waals surface area contributed by atoms with Gasteiger partial charge in [-0.3, -0.25) is 24.5 Å². The van der Waals surface area contributed by atoms with Crippen LogP contribution in [0.1, 0.15) is 29.8 Å². The number of benzene rings is 1. The van der Waals surface area contributed by atoms with Gasteiger partial charge in [0, 0.05) is 11.1 Å². The first-order valence-corrected chi connectivity index (χ1v) is 6.25. The molecule has 1 aromatic rings. The van der Waals surface area contributed by atoms with E-state index in [1.54, 1.807) is 0 Å². The third-order valence-electron chi connectivity index (χ3n) is 3.25.